The van der Waals surface area contributed by atoms with E-state index in [1.807, 2.05) is 37.3 Å². The van der Waals surface area contributed by atoms with Crippen molar-refractivity contribution in [1.29, 1.82) is 0 Å². The van der Waals surface area contributed by atoms with Gasteiger partial charge >= 0.3 is 12.1 Å². The van der Waals surface area contributed by atoms with Crippen LogP contribution in [0.2, 0.25) is 0 Å². The first kappa shape index (κ1) is 27.6. The maximum atomic E-state index is 14.6. The Labute approximate surface area is 214 Å². The highest BCUT2D eigenvalue weighted by Crippen LogP contribution is 2.48. The number of carbonyl (C=O) groups is 1. The maximum absolute atomic E-state index is 14.6. The molecular weight excluding hydrogens is 491 g/mol. The number of aliphatic carboxylic acids is 1. The minimum absolute atomic E-state index is 0.0316. The third-order valence-corrected chi connectivity index (χ3v) is 6.60. The zero-order chi connectivity index (χ0) is 26.2. The molecule has 3 rings (SSSR count). The van der Waals surface area contributed by atoms with Gasteiger partial charge in [0.15, 0.2) is 0 Å². The van der Waals surface area contributed by atoms with E-state index in [4.69, 9.17) is 21.4 Å². The molecule has 0 saturated carbocycles. The third kappa shape index (κ3) is 7.02. The second-order valence-corrected chi connectivity index (χ2v) is 9.21. The van der Waals surface area contributed by atoms with Crippen LogP contribution in [0.25, 0.3) is 0 Å². The summed E-state index contributed by atoms with van der Waals surface area (Å²) in [5.41, 5.74) is 1.46. The molecule has 192 valence electrons. The van der Waals surface area contributed by atoms with Crippen LogP contribution in [-0.2, 0) is 16.2 Å². The van der Waals surface area contributed by atoms with Crippen molar-refractivity contribution >= 4 is 17.6 Å². The molecule has 0 amide bonds. The monoisotopic (exact) mass is 519 g/mol. The lowest BCUT2D eigenvalue weighted by Gasteiger charge is -2.42. The molecule has 0 bridgehead atoms. The van der Waals surface area contributed by atoms with E-state index in [0.29, 0.717) is 11.3 Å². The van der Waals surface area contributed by atoms with Gasteiger partial charge in [-0.3, -0.25) is 9.69 Å². The molecule has 3 aromatic carbocycles. The fourth-order valence-electron chi connectivity index (χ4n) is 4.14. The van der Waals surface area contributed by atoms with Gasteiger partial charge < -0.3 is 9.84 Å². The molecule has 0 aliphatic rings. The average Bonchev–Trinajstić information content (AvgIpc) is 2.85. The first-order valence-corrected chi connectivity index (χ1v) is 12.0. The van der Waals surface area contributed by atoms with Gasteiger partial charge in [0.2, 0.25) is 5.00 Å². The predicted octanol–water partition coefficient (Wildman–Crippen LogP) is 6.84. The Bertz CT molecular complexity index is 1110. The van der Waals surface area contributed by atoms with Crippen LogP contribution in [0, 0.1) is 0 Å². The van der Waals surface area contributed by atoms with Crippen molar-refractivity contribution in [2.24, 2.45) is 0 Å². The van der Waals surface area contributed by atoms with Crippen LogP contribution in [0.1, 0.15) is 36.0 Å². The Morgan fingerprint density at radius 2 is 1.64 bits per heavy atom. The summed E-state index contributed by atoms with van der Waals surface area (Å²) in [5.74, 6) is -0.695. The number of benzene rings is 3. The SMILES string of the molecule is CC(CN(CCCOc1cccc(CC(=O)O)c1)[C@@](Cl)(c1ccccc1)C(F)(F)F)c1ccccc1. The Kier molecular flexibility index (Phi) is 9.40. The Morgan fingerprint density at radius 1 is 1.00 bits per heavy atom. The zero-order valence-electron chi connectivity index (χ0n) is 19.9. The smallest absolute Gasteiger partial charge is 0.425 e. The van der Waals surface area contributed by atoms with Gasteiger partial charge in [-0.1, -0.05) is 91.3 Å². The molecule has 3 aromatic rings. The lowest BCUT2D eigenvalue weighted by molar-refractivity contribution is -0.206. The summed E-state index contributed by atoms with van der Waals surface area (Å²) in [6.45, 7) is 2.14. The third-order valence-electron chi connectivity index (χ3n) is 5.93. The van der Waals surface area contributed by atoms with Gasteiger partial charge in [-0.25, -0.2) is 0 Å². The van der Waals surface area contributed by atoms with E-state index in [2.05, 4.69) is 0 Å². The van der Waals surface area contributed by atoms with E-state index in [0.717, 1.165) is 5.56 Å². The van der Waals surface area contributed by atoms with Gasteiger partial charge in [-0.15, -0.1) is 0 Å². The summed E-state index contributed by atoms with van der Waals surface area (Å²) in [7, 11) is 0. The molecule has 8 heteroatoms. The van der Waals surface area contributed by atoms with Gasteiger partial charge in [0.25, 0.3) is 0 Å². The minimum Gasteiger partial charge on any atom is -0.494 e. The standard InChI is InChI=1S/C28H29ClF3NO3/c1-21(23-11-4-2-5-12-23)20-33(27(29,28(30,31)32)24-13-6-3-7-14-24)16-9-17-36-25-15-8-10-22(18-25)19-26(34)35/h2-8,10-15,18,21H,9,16-17,19-20H2,1H3,(H,34,35)/t21?,27-/m0/s1. The Hall–Kier alpha value is -3.03. The van der Waals surface area contributed by atoms with Crippen LogP contribution in [0.5, 0.6) is 5.75 Å². The lowest BCUT2D eigenvalue weighted by atomic mass is 9.97. The fraction of sp³-hybridized carbons (Fsp3) is 0.321. The number of hydrogen-bond acceptors (Lipinski definition) is 3. The van der Waals surface area contributed by atoms with Crippen LogP contribution in [0.4, 0.5) is 13.2 Å². The Morgan fingerprint density at radius 3 is 2.25 bits per heavy atom. The number of carboxylic acid groups (broad SMARTS) is 1. The summed E-state index contributed by atoms with van der Waals surface area (Å²) in [5, 5.41) is 8.97. The zero-order valence-corrected chi connectivity index (χ0v) is 20.7. The molecule has 0 fully saturated rings. The fourth-order valence-corrected chi connectivity index (χ4v) is 4.42. The minimum atomic E-state index is -4.74. The second-order valence-electron chi connectivity index (χ2n) is 8.66. The highest BCUT2D eigenvalue weighted by molar-refractivity contribution is 6.24. The van der Waals surface area contributed by atoms with Crippen molar-refractivity contribution in [3.05, 3.63) is 102 Å². The van der Waals surface area contributed by atoms with Crippen LogP contribution in [0.15, 0.2) is 84.9 Å². The molecule has 1 N–H and O–H groups in total. The summed E-state index contributed by atoms with van der Waals surface area (Å²) in [6.07, 6.45) is -4.60. The van der Waals surface area contributed by atoms with E-state index < -0.39 is 17.1 Å². The first-order valence-electron chi connectivity index (χ1n) is 11.7. The molecule has 0 radical (unpaired) electrons. The van der Waals surface area contributed by atoms with Crippen molar-refractivity contribution < 1.29 is 27.8 Å². The van der Waals surface area contributed by atoms with E-state index >= 15 is 0 Å². The number of ether oxygens (including phenoxy) is 1. The molecule has 1 unspecified atom stereocenters. The highest BCUT2D eigenvalue weighted by atomic mass is 35.5. The summed E-state index contributed by atoms with van der Waals surface area (Å²) < 4.78 is 49.4. The molecule has 0 spiro atoms. The van der Waals surface area contributed by atoms with Crippen molar-refractivity contribution in [3.63, 3.8) is 0 Å². The topological polar surface area (TPSA) is 49.8 Å². The van der Waals surface area contributed by atoms with Crippen molar-refractivity contribution in [2.75, 3.05) is 19.7 Å². The molecule has 0 aliphatic carbocycles. The summed E-state index contributed by atoms with van der Waals surface area (Å²) in [6, 6.07) is 23.6. The number of alkyl halides is 4. The van der Waals surface area contributed by atoms with Crippen LogP contribution in [0.3, 0.4) is 0 Å². The van der Waals surface area contributed by atoms with E-state index in [9.17, 15) is 18.0 Å². The molecule has 0 saturated heterocycles. The second kappa shape index (κ2) is 12.3. The van der Waals surface area contributed by atoms with Gasteiger partial charge in [0.05, 0.1) is 13.0 Å². The molecule has 0 aromatic heterocycles. The van der Waals surface area contributed by atoms with Crippen LogP contribution >= 0.6 is 11.6 Å². The van der Waals surface area contributed by atoms with Crippen molar-refractivity contribution in [3.8, 4) is 5.75 Å². The molecular formula is C28H29ClF3NO3. The number of rotatable bonds is 12. The molecule has 0 heterocycles. The van der Waals surface area contributed by atoms with Gasteiger partial charge in [-0.2, -0.15) is 13.2 Å². The Balaban J connectivity index is 1.79. The number of carboxylic acids is 1. The van der Waals surface area contributed by atoms with E-state index in [1.165, 1.54) is 17.0 Å². The van der Waals surface area contributed by atoms with Gasteiger partial charge in [0.1, 0.15) is 5.75 Å². The lowest BCUT2D eigenvalue weighted by Crippen LogP contribution is -2.53. The number of nitrogens with zero attached hydrogens (tertiary/aromatic N) is 1. The van der Waals surface area contributed by atoms with Crippen LogP contribution in [-0.4, -0.2) is 41.8 Å². The molecule has 0 aliphatic heterocycles. The predicted molar refractivity (Wildman–Crippen MR) is 134 cm³/mol. The molecule has 36 heavy (non-hydrogen) atoms. The molecule has 4 nitrogen and oxygen atoms in total. The van der Waals surface area contributed by atoms with Crippen LogP contribution < -0.4 is 4.74 Å². The summed E-state index contributed by atoms with van der Waals surface area (Å²) >= 11 is 6.51. The number of hydrogen-bond donors (Lipinski definition) is 1. The average molecular weight is 520 g/mol. The van der Waals surface area contributed by atoms with Gasteiger partial charge in [0, 0.05) is 13.1 Å². The van der Waals surface area contributed by atoms with E-state index in [1.54, 1.807) is 42.5 Å². The maximum Gasteiger partial charge on any atom is 0.425 e. The van der Waals surface area contributed by atoms with Crippen molar-refractivity contribution in [1.82, 2.24) is 4.90 Å². The number of halogens is 4. The summed E-state index contributed by atoms with van der Waals surface area (Å²) in [4.78, 5) is 9.51. The normalized spacial score (nSPS) is 14.3. The highest BCUT2D eigenvalue weighted by Gasteiger charge is 2.58. The van der Waals surface area contributed by atoms with E-state index in [-0.39, 0.29) is 44.0 Å². The van der Waals surface area contributed by atoms with Crippen molar-refractivity contribution in [2.45, 2.75) is 36.9 Å². The largest absolute Gasteiger partial charge is 0.494 e. The molecule has 2 atom stereocenters. The van der Waals surface area contributed by atoms with Gasteiger partial charge in [-0.05, 0) is 41.2 Å². The quantitative estimate of drug-likeness (QED) is 0.162. The first-order chi connectivity index (χ1) is 17.1.